The Kier molecular flexibility index (Phi) is 6.56. The van der Waals surface area contributed by atoms with Crippen LogP contribution in [0.4, 0.5) is 5.69 Å². The van der Waals surface area contributed by atoms with Gasteiger partial charge in [-0.3, -0.25) is 4.79 Å². The van der Waals surface area contributed by atoms with Crippen LogP contribution in [-0.2, 0) is 21.2 Å². The lowest BCUT2D eigenvalue weighted by Gasteiger charge is -2.10. The number of amides is 1. The smallest absolute Gasteiger partial charge is 0.242 e. The highest BCUT2D eigenvalue weighted by Crippen LogP contribution is 2.25. The van der Waals surface area contributed by atoms with Gasteiger partial charge in [-0.2, -0.15) is 0 Å². The molecule has 0 aliphatic carbocycles. The molecule has 2 aromatic rings. The van der Waals surface area contributed by atoms with Crippen molar-refractivity contribution in [3.63, 3.8) is 0 Å². The first kappa shape index (κ1) is 19.1. The highest BCUT2D eigenvalue weighted by atomic mass is 79.9. The number of aryl methyl sites for hydroxylation is 1. The molecule has 0 unspecified atom stereocenters. The van der Waals surface area contributed by atoms with Gasteiger partial charge in [0, 0.05) is 14.6 Å². The summed E-state index contributed by atoms with van der Waals surface area (Å²) in [5.41, 5.74) is 1.73. The van der Waals surface area contributed by atoms with Crippen LogP contribution >= 0.6 is 31.9 Å². The van der Waals surface area contributed by atoms with E-state index in [1.54, 1.807) is 18.2 Å². The molecule has 2 aromatic carbocycles. The summed E-state index contributed by atoms with van der Waals surface area (Å²) in [6, 6.07) is 12.2. The standard InChI is InChI=1S/C16H16Br2N2O3S/c1-2-11-4-3-5-13(8-11)20-16(21)10-19-24(22,23)15-9-12(17)6-7-14(15)18/h3-9,19H,2,10H2,1H3,(H,20,21). The zero-order valence-corrected chi connectivity index (χ0v) is 16.8. The van der Waals surface area contributed by atoms with E-state index >= 15 is 0 Å². The topological polar surface area (TPSA) is 75.3 Å². The summed E-state index contributed by atoms with van der Waals surface area (Å²) in [6.07, 6.45) is 0.854. The fourth-order valence-corrected chi connectivity index (χ4v) is 4.48. The van der Waals surface area contributed by atoms with Crippen molar-refractivity contribution in [2.24, 2.45) is 0 Å². The molecule has 8 heteroatoms. The average molecular weight is 476 g/mol. The van der Waals surface area contributed by atoms with E-state index in [-0.39, 0.29) is 11.4 Å². The molecule has 0 bridgehead atoms. The lowest BCUT2D eigenvalue weighted by molar-refractivity contribution is -0.115. The summed E-state index contributed by atoms with van der Waals surface area (Å²) in [5, 5.41) is 2.68. The molecule has 2 rings (SSSR count). The van der Waals surface area contributed by atoms with Crippen molar-refractivity contribution in [1.29, 1.82) is 0 Å². The molecule has 0 saturated carbocycles. The van der Waals surface area contributed by atoms with Crippen LogP contribution < -0.4 is 10.0 Å². The monoisotopic (exact) mass is 474 g/mol. The molecule has 5 nitrogen and oxygen atoms in total. The molecule has 0 radical (unpaired) electrons. The number of hydrogen-bond acceptors (Lipinski definition) is 3. The number of benzene rings is 2. The molecular weight excluding hydrogens is 460 g/mol. The minimum atomic E-state index is -3.80. The van der Waals surface area contributed by atoms with Crippen molar-refractivity contribution in [3.05, 3.63) is 57.0 Å². The van der Waals surface area contributed by atoms with Gasteiger partial charge in [-0.1, -0.05) is 35.0 Å². The molecule has 0 atom stereocenters. The van der Waals surface area contributed by atoms with E-state index in [0.717, 1.165) is 12.0 Å². The zero-order valence-electron chi connectivity index (χ0n) is 12.8. The number of nitrogens with one attached hydrogen (secondary N) is 2. The van der Waals surface area contributed by atoms with E-state index in [1.807, 2.05) is 25.1 Å². The molecular formula is C16H16Br2N2O3S. The summed E-state index contributed by atoms with van der Waals surface area (Å²) in [6.45, 7) is 1.67. The molecule has 0 saturated heterocycles. The molecule has 0 aromatic heterocycles. The van der Waals surface area contributed by atoms with Gasteiger partial charge in [0.2, 0.25) is 15.9 Å². The Morgan fingerprint density at radius 3 is 2.58 bits per heavy atom. The Bertz CT molecular complexity index is 854. The maximum atomic E-state index is 12.3. The quantitative estimate of drug-likeness (QED) is 0.668. The highest BCUT2D eigenvalue weighted by molar-refractivity contribution is 9.11. The van der Waals surface area contributed by atoms with Crippen molar-refractivity contribution in [2.45, 2.75) is 18.2 Å². The average Bonchev–Trinajstić information content (AvgIpc) is 2.55. The molecule has 24 heavy (non-hydrogen) atoms. The molecule has 0 spiro atoms. The predicted molar refractivity (Wildman–Crippen MR) is 101 cm³/mol. The summed E-state index contributed by atoms with van der Waals surface area (Å²) < 4.78 is 28.0. The van der Waals surface area contributed by atoms with Crippen molar-refractivity contribution in [3.8, 4) is 0 Å². The van der Waals surface area contributed by atoms with E-state index in [2.05, 4.69) is 41.9 Å². The van der Waals surface area contributed by atoms with E-state index in [0.29, 0.717) is 14.6 Å². The van der Waals surface area contributed by atoms with E-state index in [1.165, 1.54) is 6.07 Å². The summed E-state index contributed by atoms with van der Waals surface area (Å²) >= 11 is 6.44. The van der Waals surface area contributed by atoms with Crippen LogP contribution in [0.25, 0.3) is 0 Å². The Morgan fingerprint density at radius 1 is 1.12 bits per heavy atom. The molecule has 2 N–H and O–H groups in total. The number of halogens is 2. The molecule has 1 amide bonds. The number of carbonyl (C=O) groups excluding carboxylic acids is 1. The minimum absolute atomic E-state index is 0.0673. The third kappa shape index (κ3) is 5.14. The lowest BCUT2D eigenvalue weighted by atomic mass is 10.1. The first-order valence-electron chi connectivity index (χ1n) is 7.15. The maximum Gasteiger partial charge on any atom is 0.242 e. The van der Waals surface area contributed by atoms with Crippen LogP contribution in [0.5, 0.6) is 0 Å². The first-order chi connectivity index (χ1) is 11.3. The van der Waals surface area contributed by atoms with Crippen LogP contribution in [0.1, 0.15) is 12.5 Å². The number of anilines is 1. The fraction of sp³-hybridized carbons (Fsp3) is 0.188. The van der Waals surface area contributed by atoms with Gasteiger partial charge < -0.3 is 5.32 Å². The summed E-state index contributed by atoms with van der Waals surface area (Å²) in [5.74, 6) is -0.432. The minimum Gasteiger partial charge on any atom is -0.325 e. The second-order valence-electron chi connectivity index (χ2n) is 5.00. The van der Waals surface area contributed by atoms with E-state index in [9.17, 15) is 13.2 Å². The Hall–Kier alpha value is -1.22. The first-order valence-corrected chi connectivity index (χ1v) is 10.2. The Morgan fingerprint density at radius 2 is 1.88 bits per heavy atom. The SMILES string of the molecule is CCc1cccc(NC(=O)CNS(=O)(=O)c2cc(Br)ccc2Br)c1. The van der Waals surface area contributed by atoms with Crippen LogP contribution in [0.2, 0.25) is 0 Å². The van der Waals surface area contributed by atoms with Crippen LogP contribution in [0.15, 0.2) is 56.3 Å². The van der Waals surface area contributed by atoms with Crippen molar-refractivity contribution < 1.29 is 13.2 Å². The van der Waals surface area contributed by atoms with Gasteiger partial charge in [0.1, 0.15) is 0 Å². The fourth-order valence-electron chi connectivity index (χ4n) is 2.00. The Labute approximate surface area is 158 Å². The number of carbonyl (C=O) groups is 1. The van der Waals surface area contributed by atoms with Crippen LogP contribution in [0, 0.1) is 0 Å². The zero-order chi connectivity index (χ0) is 17.7. The van der Waals surface area contributed by atoms with Crippen LogP contribution in [-0.4, -0.2) is 20.9 Å². The lowest BCUT2D eigenvalue weighted by Crippen LogP contribution is -2.33. The van der Waals surface area contributed by atoms with Gasteiger partial charge in [0.25, 0.3) is 0 Å². The van der Waals surface area contributed by atoms with Gasteiger partial charge in [-0.25, -0.2) is 13.1 Å². The molecule has 128 valence electrons. The van der Waals surface area contributed by atoms with Gasteiger partial charge in [0.15, 0.2) is 0 Å². The maximum absolute atomic E-state index is 12.3. The normalized spacial score (nSPS) is 11.3. The van der Waals surface area contributed by atoms with Gasteiger partial charge in [-0.05, 0) is 58.2 Å². The third-order valence-corrected chi connectivity index (χ3v) is 6.11. The second-order valence-corrected chi connectivity index (χ2v) is 8.51. The summed E-state index contributed by atoms with van der Waals surface area (Å²) in [7, 11) is -3.80. The van der Waals surface area contributed by atoms with Gasteiger partial charge >= 0.3 is 0 Å². The molecule has 0 fully saturated rings. The van der Waals surface area contributed by atoms with E-state index < -0.39 is 15.9 Å². The predicted octanol–water partition coefficient (Wildman–Crippen LogP) is 3.69. The third-order valence-electron chi connectivity index (χ3n) is 3.22. The summed E-state index contributed by atoms with van der Waals surface area (Å²) in [4.78, 5) is 12.1. The van der Waals surface area contributed by atoms with Crippen molar-refractivity contribution >= 4 is 53.5 Å². The van der Waals surface area contributed by atoms with Crippen LogP contribution in [0.3, 0.4) is 0 Å². The molecule has 0 aliphatic heterocycles. The molecule has 0 heterocycles. The number of rotatable bonds is 6. The largest absolute Gasteiger partial charge is 0.325 e. The van der Waals surface area contributed by atoms with Gasteiger partial charge in [0.05, 0.1) is 11.4 Å². The number of hydrogen-bond donors (Lipinski definition) is 2. The van der Waals surface area contributed by atoms with E-state index in [4.69, 9.17) is 0 Å². The Balaban J connectivity index is 2.03. The highest BCUT2D eigenvalue weighted by Gasteiger charge is 2.19. The second kappa shape index (κ2) is 8.24. The molecule has 0 aliphatic rings. The van der Waals surface area contributed by atoms with Crippen molar-refractivity contribution in [2.75, 3.05) is 11.9 Å². The number of sulfonamides is 1. The van der Waals surface area contributed by atoms with Gasteiger partial charge in [-0.15, -0.1) is 0 Å². The van der Waals surface area contributed by atoms with Crippen molar-refractivity contribution in [1.82, 2.24) is 4.72 Å².